The summed E-state index contributed by atoms with van der Waals surface area (Å²) in [7, 11) is 0.904. The van der Waals surface area contributed by atoms with E-state index < -0.39 is 9.04 Å². The van der Waals surface area contributed by atoms with Crippen LogP contribution < -0.4 is 0 Å². The first kappa shape index (κ1) is 8.14. The summed E-state index contributed by atoms with van der Waals surface area (Å²) in [6, 6.07) is 0. The highest BCUT2D eigenvalue weighted by molar-refractivity contribution is 6.48. The summed E-state index contributed by atoms with van der Waals surface area (Å²) in [5.41, 5.74) is 0. The first-order valence-electron chi connectivity index (χ1n) is 2.88. The van der Waals surface area contributed by atoms with Crippen LogP contribution in [0.1, 0.15) is 0 Å². The zero-order chi connectivity index (χ0) is 6.41. The van der Waals surface area contributed by atoms with Crippen LogP contribution in [-0.2, 0) is 9.16 Å². The average molecular weight is 134 g/mol. The van der Waals surface area contributed by atoms with Crippen molar-refractivity contribution in [1.29, 1.82) is 0 Å². The minimum absolute atomic E-state index is 0.727. The van der Waals surface area contributed by atoms with Gasteiger partial charge in [-0.05, 0) is 13.1 Å². The lowest BCUT2D eigenvalue weighted by molar-refractivity contribution is 0.147. The van der Waals surface area contributed by atoms with Crippen molar-refractivity contribution in [3.8, 4) is 0 Å². The smallest absolute Gasteiger partial charge is 0.171 e. The molecule has 0 aliphatic rings. The molecule has 0 aromatic heterocycles. The fourth-order valence-electron chi connectivity index (χ4n) is 0.367. The molecule has 0 aromatic rings. The van der Waals surface area contributed by atoms with Gasteiger partial charge in [-0.15, -0.1) is 0 Å². The molecule has 0 N–H and O–H groups in total. The van der Waals surface area contributed by atoms with E-state index >= 15 is 0 Å². The van der Waals surface area contributed by atoms with Crippen molar-refractivity contribution in [3.05, 3.63) is 0 Å². The van der Waals surface area contributed by atoms with Crippen LogP contribution in [0.15, 0.2) is 0 Å². The van der Waals surface area contributed by atoms with Crippen LogP contribution in [0.25, 0.3) is 0 Å². The largest absolute Gasteiger partial charge is 0.418 e. The molecule has 0 rings (SSSR count). The van der Waals surface area contributed by atoms with Crippen molar-refractivity contribution in [1.82, 2.24) is 0 Å². The average Bonchev–Trinajstić information content (AvgIpc) is 1.66. The molecule has 0 aliphatic heterocycles. The molecule has 3 heteroatoms. The van der Waals surface area contributed by atoms with Crippen LogP contribution in [0, 0.1) is 0 Å². The molecular formula is C5H14O2Si. The Bertz CT molecular complexity index is 47.7. The van der Waals surface area contributed by atoms with Crippen molar-refractivity contribution in [2.24, 2.45) is 0 Å². The lowest BCUT2D eigenvalue weighted by atomic mass is 10.8. The molecule has 2 nitrogen and oxygen atoms in total. The van der Waals surface area contributed by atoms with E-state index in [1.54, 1.807) is 7.11 Å². The van der Waals surface area contributed by atoms with Gasteiger partial charge in [0.25, 0.3) is 0 Å². The van der Waals surface area contributed by atoms with Crippen LogP contribution in [0.3, 0.4) is 0 Å². The van der Waals surface area contributed by atoms with Crippen LogP contribution in [-0.4, -0.2) is 29.4 Å². The Balaban J connectivity index is 2.72. The third-order valence-electron chi connectivity index (χ3n) is 0.739. The highest BCUT2D eigenvalue weighted by Gasteiger charge is 1.91. The number of methoxy groups -OCH3 is 1. The van der Waals surface area contributed by atoms with E-state index in [1.807, 2.05) is 0 Å². The van der Waals surface area contributed by atoms with E-state index in [9.17, 15) is 0 Å². The van der Waals surface area contributed by atoms with E-state index in [-0.39, 0.29) is 0 Å². The van der Waals surface area contributed by atoms with E-state index in [0.717, 1.165) is 13.2 Å². The van der Waals surface area contributed by atoms with E-state index in [2.05, 4.69) is 13.1 Å². The summed E-state index contributed by atoms with van der Waals surface area (Å²) in [6.07, 6.45) is 0. The lowest BCUT2D eigenvalue weighted by Gasteiger charge is -2.03. The Morgan fingerprint density at radius 3 is 2.25 bits per heavy atom. The molecule has 0 unspecified atom stereocenters. The van der Waals surface area contributed by atoms with Crippen molar-refractivity contribution in [2.45, 2.75) is 13.1 Å². The lowest BCUT2D eigenvalue weighted by Crippen LogP contribution is -2.11. The van der Waals surface area contributed by atoms with Crippen molar-refractivity contribution in [3.63, 3.8) is 0 Å². The second-order valence-electron chi connectivity index (χ2n) is 1.91. The fraction of sp³-hybridized carbons (Fsp3) is 1.00. The second-order valence-corrected chi connectivity index (χ2v) is 4.34. The van der Waals surface area contributed by atoms with E-state index in [0.29, 0.717) is 0 Å². The van der Waals surface area contributed by atoms with Gasteiger partial charge >= 0.3 is 0 Å². The highest BCUT2D eigenvalue weighted by Crippen LogP contribution is 1.81. The predicted molar refractivity (Wildman–Crippen MR) is 36.7 cm³/mol. The Kier molecular flexibility index (Phi) is 5.37. The fourth-order valence-corrected chi connectivity index (χ4v) is 0.935. The van der Waals surface area contributed by atoms with Gasteiger partial charge in [0, 0.05) is 7.11 Å². The first-order chi connectivity index (χ1) is 3.77. The third kappa shape index (κ3) is 6.14. The molecule has 0 aliphatic carbocycles. The molecule has 0 saturated heterocycles. The molecule has 0 atom stereocenters. The summed E-state index contributed by atoms with van der Waals surface area (Å²) in [5.74, 6) is 0. The highest BCUT2D eigenvalue weighted by atomic mass is 28.3. The summed E-state index contributed by atoms with van der Waals surface area (Å²) in [4.78, 5) is 0. The predicted octanol–water partition coefficient (Wildman–Crippen LogP) is 0.633. The monoisotopic (exact) mass is 134 g/mol. The quantitative estimate of drug-likeness (QED) is 0.415. The maximum atomic E-state index is 5.30. The summed E-state index contributed by atoms with van der Waals surface area (Å²) in [6.45, 7) is 5.79. The minimum atomic E-state index is -0.782. The van der Waals surface area contributed by atoms with Gasteiger partial charge in [-0.3, -0.25) is 0 Å². The van der Waals surface area contributed by atoms with Crippen LogP contribution in [0.5, 0.6) is 0 Å². The van der Waals surface area contributed by atoms with Gasteiger partial charge in [-0.1, -0.05) is 0 Å². The summed E-state index contributed by atoms with van der Waals surface area (Å²) in [5, 5.41) is 0. The maximum absolute atomic E-state index is 5.30. The van der Waals surface area contributed by atoms with Crippen molar-refractivity contribution >= 4 is 9.04 Å². The van der Waals surface area contributed by atoms with Crippen LogP contribution in [0.4, 0.5) is 0 Å². The Labute approximate surface area is 52.5 Å². The molecule has 0 radical (unpaired) electrons. The number of ether oxygens (including phenoxy) is 1. The molecule has 0 aromatic carbocycles. The molecule has 0 spiro atoms. The summed E-state index contributed by atoms with van der Waals surface area (Å²) < 4.78 is 10.1. The normalized spacial score (nSPS) is 10.5. The number of hydrogen-bond acceptors (Lipinski definition) is 2. The van der Waals surface area contributed by atoms with Crippen LogP contribution >= 0.6 is 0 Å². The second kappa shape index (κ2) is 5.28. The minimum Gasteiger partial charge on any atom is -0.418 e. The molecule has 50 valence electrons. The van der Waals surface area contributed by atoms with Gasteiger partial charge in [0.15, 0.2) is 9.04 Å². The van der Waals surface area contributed by atoms with Crippen molar-refractivity contribution in [2.75, 3.05) is 20.3 Å². The van der Waals surface area contributed by atoms with Gasteiger partial charge in [0.2, 0.25) is 0 Å². The molecule has 0 heterocycles. The number of hydrogen-bond donors (Lipinski definition) is 0. The van der Waals surface area contributed by atoms with E-state index in [4.69, 9.17) is 9.16 Å². The third-order valence-corrected chi connectivity index (χ3v) is 1.64. The maximum Gasteiger partial charge on any atom is 0.171 e. The SMILES string of the molecule is COCCO[SiH](C)C. The van der Waals surface area contributed by atoms with Gasteiger partial charge < -0.3 is 9.16 Å². The first-order valence-corrected chi connectivity index (χ1v) is 5.66. The topological polar surface area (TPSA) is 18.5 Å². The molecule has 8 heavy (non-hydrogen) atoms. The number of rotatable bonds is 4. The standard InChI is InChI=1S/C5H14O2Si/c1-6-4-5-7-8(2)3/h8H,4-5H2,1-3H3. The molecular weight excluding hydrogens is 120 g/mol. The van der Waals surface area contributed by atoms with Gasteiger partial charge in [0.05, 0.1) is 13.2 Å². The zero-order valence-electron chi connectivity index (χ0n) is 5.81. The Hall–Kier alpha value is 0.137. The Morgan fingerprint density at radius 1 is 1.25 bits per heavy atom. The Morgan fingerprint density at radius 2 is 1.88 bits per heavy atom. The molecule has 0 bridgehead atoms. The zero-order valence-corrected chi connectivity index (χ0v) is 6.96. The van der Waals surface area contributed by atoms with Gasteiger partial charge in [-0.2, -0.15) is 0 Å². The van der Waals surface area contributed by atoms with Gasteiger partial charge in [0.1, 0.15) is 0 Å². The van der Waals surface area contributed by atoms with Crippen LogP contribution in [0.2, 0.25) is 13.1 Å². The van der Waals surface area contributed by atoms with E-state index in [1.165, 1.54) is 0 Å². The summed E-state index contributed by atoms with van der Waals surface area (Å²) >= 11 is 0. The molecule has 0 saturated carbocycles. The molecule has 0 amide bonds. The molecule has 0 fully saturated rings. The van der Waals surface area contributed by atoms with Crippen molar-refractivity contribution < 1.29 is 9.16 Å². The van der Waals surface area contributed by atoms with Gasteiger partial charge in [-0.25, -0.2) is 0 Å².